The van der Waals surface area contributed by atoms with E-state index in [1.807, 2.05) is 0 Å². The van der Waals surface area contributed by atoms with Crippen molar-refractivity contribution in [2.45, 2.75) is 37.7 Å². The second kappa shape index (κ2) is 10.8. The first-order chi connectivity index (χ1) is 13.9. The topological polar surface area (TPSA) is 148 Å². The Morgan fingerprint density at radius 3 is 2.38 bits per heavy atom. The molecule has 1 atom stereocenters. The monoisotopic (exact) mass is 408 g/mol. The number of ketones is 1. The van der Waals surface area contributed by atoms with Crippen LogP contribution < -0.4 is 20.5 Å². The summed E-state index contributed by atoms with van der Waals surface area (Å²) in [6.07, 6.45) is 2.32. The number of ether oxygens (including phenoxy) is 2. The highest BCUT2D eigenvalue weighted by Gasteiger charge is 2.48. The first-order valence-corrected chi connectivity index (χ1v) is 9.69. The number of carboxylic acids is 2. The van der Waals surface area contributed by atoms with Crippen LogP contribution in [0.1, 0.15) is 32.1 Å². The molecule has 160 valence electrons. The molecule has 5 N–H and O–H groups in total. The average Bonchev–Trinajstić information content (AvgIpc) is 2.71. The van der Waals surface area contributed by atoms with Gasteiger partial charge in [0, 0.05) is 12.8 Å². The van der Waals surface area contributed by atoms with Crippen molar-refractivity contribution in [2.75, 3.05) is 26.2 Å². The lowest BCUT2D eigenvalue weighted by Crippen LogP contribution is -2.53. The van der Waals surface area contributed by atoms with Crippen molar-refractivity contribution in [1.29, 1.82) is 0 Å². The van der Waals surface area contributed by atoms with Gasteiger partial charge in [-0.1, -0.05) is 12.1 Å². The predicted molar refractivity (Wildman–Crippen MR) is 104 cm³/mol. The Kier molecular flexibility index (Phi) is 8.41. The van der Waals surface area contributed by atoms with Gasteiger partial charge in [-0.3, -0.25) is 4.79 Å². The van der Waals surface area contributed by atoms with E-state index in [0.29, 0.717) is 12.3 Å². The lowest BCUT2D eigenvalue weighted by molar-refractivity contribution is -0.163. The molecule has 9 nitrogen and oxygen atoms in total. The zero-order chi connectivity index (χ0) is 21.3. The Bertz CT molecular complexity index is 719. The molecule has 0 radical (unpaired) electrons. The van der Waals surface area contributed by atoms with E-state index in [2.05, 4.69) is 5.32 Å². The minimum atomic E-state index is -2.15. The van der Waals surface area contributed by atoms with Crippen LogP contribution >= 0.6 is 0 Å². The van der Waals surface area contributed by atoms with E-state index >= 15 is 0 Å². The number of nitrogens with one attached hydrogen (secondary N) is 1. The largest absolute Gasteiger partial charge is 0.479 e. The summed E-state index contributed by atoms with van der Waals surface area (Å²) >= 11 is 0. The summed E-state index contributed by atoms with van der Waals surface area (Å²) in [5.74, 6) is -2.78. The molecule has 0 aromatic heterocycles. The summed E-state index contributed by atoms with van der Waals surface area (Å²) in [6, 6.07) is 6.06. The van der Waals surface area contributed by atoms with Crippen LogP contribution in [-0.4, -0.2) is 59.8 Å². The van der Waals surface area contributed by atoms with Crippen LogP contribution in [0.3, 0.4) is 0 Å². The second-order valence-corrected chi connectivity index (χ2v) is 7.06. The van der Waals surface area contributed by atoms with Crippen LogP contribution in [-0.2, 0) is 14.4 Å². The van der Waals surface area contributed by atoms with E-state index in [-0.39, 0.29) is 30.9 Å². The smallest absolute Gasteiger partial charge is 0.356 e. The zero-order valence-electron chi connectivity index (χ0n) is 16.3. The highest BCUT2D eigenvalue weighted by Crippen LogP contribution is 2.33. The molecule has 1 aromatic carbocycles. The molecule has 1 aromatic rings. The summed E-state index contributed by atoms with van der Waals surface area (Å²) in [5, 5.41) is 22.0. The SMILES string of the molecule is NCCC(Oc1ccccc1OCC(=O)O)(C(=O)O)C(=O)CCC1CCNCC1. The molecule has 0 aliphatic carbocycles. The van der Waals surface area contributed by atoms with Crippen molar-refractivity contribution >= 4 is 17.7 Å². The third kappa shape index (κ3) is 6.16. The normalized spacial score (nSPS) is 16.6. The molecule has 1 aliphatic heterocycles. The fourth-order valence-electron chi connectivity index (χ4n) is 3.41. The molecule has 1 heterocycles. The van der Waals surface area contributed by atoms with Crippen LogP contribution in [0.5, 0.6) is 11.5 Å². The Labute approximate surface area is 169 Å². The summed E-state index contributed by atoms with van der Waals surface area (Å²) < 4.78 is 10.9. The third-order valence-electron chi connectivity index (χ3n) is 5.02. The average molecular weight is 408 g/mol. The van der Waals surface area contributed by atoms with Crippen LogP contribution in [0.15, 0.2) is 24.3 Å². The van der Waals surface area contributed by atoms with Gasteiger partial charge in [-0.15, -0.1) is 0 Å². The number of benzene rings is 1. The van der Waals surface area contributed by atoms with Crippen molar-refractivity contribution in [2.24, 2.45) is 11.7 Å². The van der Waals surface area contributed by atoms with Crippen molar-refractivity contribution in [3.63, 3.8) is 0 Å². The Hall–Kier alpha value is -2.65. The number of carbonyl (C=O) groups is 3. The van der Waals surface area contributed by atoms with Gasteiger partial charge in [0.25, 0.3) is 5.60 Å². The van der Waals surface area contributed by atoms with Crippen LogP contribution in [0.2, 0.25) is 0 Å². The van der Waals surface area contributed by atoms with Crippen molar-refractivity contribution < 1.29 is 34.1 Å². The Balaban J connectivity index is 2.21. The fraction of sp³-hybridized carbons (Fsp3) is 0.550. The molecule has 9 heteroatoms. The second-order valence-electron chi connectivity index (χ2n) is 7.06. The van der Waals surface area contributed by atoms with Gasteiger partial charge in [-0.25, -0.2) is 9.59 Å². The number of hydrogen-bond acceptors (Lipinski definition) is 7. The summed E-state index contributed by atoms with van der Waals surface area (Å²) in [7, 11) is 0. The summed E-state index contributed by atoms with van der Waals surface area (Å²) in [5.41, 5.74) is 3.46. The van der Waals surface area contributed by atoms with Crippen LogP contribution in [0.25, 0.3) is 0 Å². The number of nitrogens with two attached hydrogens (primary N) is 1. The number of Topliss-reactive ketones (excluding diaryl/α,β-unsaturated/α-hetero) is 1. The van der Waals surface area contributed by atoms with Gasteiger partial charge in [0.2, 0.25) is 0 Å². The van der Waals surface area contributed by atoms with Gasteiger partial charge in [0.1, 0.15) is 0 Å². The van der Waals surface area contributed by atoms with Crippen molar-refractivity contribution in [3.8, 4) is 11.5 Å². The number of aliphatic carboxylic acids is 2. The van der Waals surface area contributed by atoms with E-state index in [4.69, 9.17) is 20.3 Å². The maximum absolute atomic E-state index is 13.0. The lowest BCUT2D eigenvalue weighted by Gasteiger charge is -2.30. The lowest BCUT2D eigenvalue weighted by atomic mass is 9.86. The first-order valence-electron chi connectivity index (χ1n) is 9.69. The van der Waals surface area contributed by atoms with E-state index in [1.165, 1.54) is 12.1 Å². The molecule has 2 rings (SSSR count). The highest BCUT2D eigenvalue weighted by atomic mass is 16.6. The molecule has 1 fully saturated rings. The number of carboxylic acid groups (broad SMARTS) is 2. The van der Waals surface area contributed by atoms with Crippen molar-refractivity contribution in [3.05, 3.63) is 24.3 Å². The number of para-hydroxylation sites is 2. The molecular weight excluding hydrogens is 380 g/mol. The zero-order valence-corrected chi connectivity index (χ0v) is 16.3. The molecular formula is C20H28N2O7. The summed E-state index contributed by atoms with van der Waals surface area (Å²) in [6.45, 7) is 1.08. The highest BCUT2D eigenvalue weighted by molar-refractivity contribution is 6.07. The van der Waals surface area contributed by atoms with E-state index in [0.717, 1.165) is 25.9 Å². The number of piperidine rings is 1. The number of hydrogen-bond donors (Lipinski definition) is 4. The Morgan fingerprint density at radius 2 is 1.79 bits per heavy atom. The van der Waals surface area contributed by atoms with Gasteiger partial charge in [-0.2, -0.15) is 0 Å². The van der Waals surface area contributed by atoms with Crippen LogP contribution in [0.4, 0.5) is 0 Å². The van der Waals surface area contributed by atoms with Crippen LogP contribution in [0, 0.1) is 5.92 Å². The van der Waals surface area contributed by atoms with Gasteiger partial charge >= 0.3 is 11.9 Å². The maximum Gasteiger partial charge on any atom is 0.356 e. The van der Waals surface area contributed by atoms with Gasteiger partial charge in [-0.05, 0) is 56.9 Å². The molecule has 1 aliphatic rings. The van der Waals surface area contributed by atoms with E-state index in [1.54, 1.807) is 12.1 Å². The molecule has 29 heavy (non-hydrogen) atoms. The van der Waals surface area contributed by atoms with Crippen molar-refractivity contribution in [1.82, 2.24) is 5.32 Å². The van der Waals surface area contributed by atoms with E-state index in [9.17, 15) is 19.5 Å². The minimum absolute atomic E-state index is 0.0141. The molecule has 1 saturated heterocycles. The maximum atomic E-state index is 13.0. The fourth-order valence-corrected chi connectivity index (χ4v) is 3.41. The first kappa shape index (κ1) is 22.6. The quantitative estimate of drug-likeness (QED) is 0.372. The predicted octanol–water partition coefficient (Wildman–Crippen LogP) is 1.05. The molecule has 0 spiro atoms. The molecule has 1 unspecified atom stereocenters. The van der Waals surface area contributed by atoms with Gasteiger partial charge < -0.3 is 30.7 Å². The Morgan fingerprint density at radius 1 is 1.14 bits per heavy atom. The third-order valence-corrected chi connectivity index (χ3v) is 5.02. The number of rotatable bonds is 12. The van der Waals surface area contributed by atoms with E-state index < -0.39 is 29.9 Å². The number of carbonyl (C=O) groups excluding carboxylic acids is 1. The minimum Gasteiger partial charge on any atom is -0.479 e. The molecule has 0 amide bonds. The van der Waals surface area contributed by atoms with Gasteiger partial charge in [0.15, 0.2) is 23.9 Å². The molecule has 0 bridgehead atoms. The standard InChI is InChI=1S/C20H28N2O7/c21-10-9-20(19(26)27,17(23)6-5-14-7-11-22-12-8-14)29-16-4-2-1-3-15(16)28-13-18(24)25/h1-4,14,22H,5-13,21H2,(H,24,25)(H,26,27). The summed E-state index contributed by atoms with van der Waals surface area (Å²) in [4.78, 5) is 35.9. The molecule has 0 saturated carbocycles. The van der Waals surface area contributed by atoms with Gasteiger partial charge in [0.05, 0.1) is 0 Å².